The zero-order valence-corrected chi connectivity index (χ0v) is 17.3. The second kappa shape index (κ2) is 9.66. The Labute approximate surface area is 165 Å². The number of methoxy groups -OCH3 is 1. The molecule has 1 unspecified atom stereocenters. The summed E-state index contributed by atoms with van der Waals surface area (Å²) in [4.78, 5) is 28.1. The second-order valence-electron chi connectivity index (χ2n) is 7.69. The van der Waals surface area contributed by atoms with E-state index in [-0.39, 0.29) is 11.8 Å². The van der Waals surface area contributed by atoms with Gasteiger partial charge in [0.15, 0.2) is 6.54 Å². The lowest BCUT2D eigenvalue weighted by molar-refractivity contribution is -0.920. The Morgan fingerprint density at radius 2 is 2.04 bits per heavy atom. The maximum absolute atomic E-state index is 12.8. The highest BCUT2D eigenvalue weighted by atomic mass is 32.1. The van der Waals surface area contributed by atoms with E-state index in [9.17, 15) is 9.59 Å². The van der Waals surface area contributed by atoms with Crippen LogP contribution in [0.25, 0.3) is 0 Å². The maximum Gasteiger partial charge on any atom is 0.280 e. The summed E-state index contributed by atoms with van der Waals surface area (Å²) in [6.45, 7) is 4.72. The lowest BCUT2D eigenvalue weighted by Crippen LogP contribution is -3.17. The number of hydrogen-bond acceptors (Lipinski definition) is 4. The number of fused-ring (bicyclic) bond motifs is 1. The van der Waals surface area contributed by atoms with Crippen LogP contribution in [0.15, 0.2) is 0 Å². The van der Waals surface area contributed by atoms with E-state index in [0.29, 0.717) is 31.3 Å². The molecule has 1 aromatic rings. The molecule has 2 aliphatic rings. The third-order valence-electron chi connectivity index (χ3n) is 5.71. The van der Waals surface area contributed by atoms with Crippen LogP contribution in [0.3, 0.4) is 0 Å². The molecule has 3 N–H and O–H groups in total. The Kier molecular flexibility index (Phi) is 7.26. The van der Waals surface area contributed by atoms with Crippen molar-refractivity contribution in [3.05, 3.63) is 16.0 Å². The van der Waals surface area contributed by atoms with E-state index < -0.39 is 0 Å². The van der Waals surface area contributed by atoms with E-state index in [2.05, 4.69) is 17.6 Å². The zero-order valence-electron chi connectivity index (χ0n) is 16.5. The quantitative estimate of drug-likeness (QED) is 0.612. The Morgan fingerprint density at radius 3 is 2.81 bits per heavy atom. The molecule has 0 radical (unpaired) electrons. The summed E-state index contributed by atoms with van der Waals surface area (Å²) in [7, 11) is 1.62. The van der Waals surface area contributed by atoms with Gasteiger partial charge in [-0.05, 0) is 57.4 Å². The lowest BCUT2D eigenvalue weighted by Gasteiger charge is -2.29. The number of hydrogen-bond donors (Lipinski definition) is 3. The number of aryl methyl sites for hydroxylation is 1. The number of rotatable bonds is 7. The summed E-state index contributed by atoms with van der Waals surface area (Å²) in [6.07, 6.45) is 7.81. The molecule has 0 aromatic carbocycles. The molecule has 2 heterocycles. The van der Waals surface area contributed by atoms with Gasteiger partial charge in [-0.15, -0.1) is 11.3 Å². The summed E-state index contributed by atoms with van der Waals surface area (Å²) in [5, 5.41) is 6.73. The first-order valence-electron chi connectivity index (χ1n) is 10.2. The van der Waals surface area contributed by atoms with E-state index in [1.165, 1.54) is 29.0 Å². The van der Waals surface area contributed by atoms with Crippen LogP contribution in [-0.2, 0) is 22.4 Å². The molecule has 0 bridgehead atoms. The Balaban J connectivity index is 1.72. The second-order valence-corrected chi connectivity index (χ2v) is 8.80. The SMILES string of the molecule is COCCNC(=O)c1c(NC(=O)C[NH+]2CCCC[C@H]2C)sc2c1CCCC2. The predicted octanol–water partition coefficient (Wildman–Crippen LogP) is 1.40. The number of quaternary nitrogens is 1. The number of carbonyl (C=O) groups excluding carboxylic acids is 2. The van der Waals surface area contributed by atoms with E-state index in [4.69, 9.17) is 4.74 Å². The molecule has 27 heavy (non-hydrogen) atoms. The normalized spacial score (nSPS) is 22.1. The molecule has 3 rings (SSSR count). The summed E-state index contributed by atoms with van der Waals surface area (Å²) in [5.41, 5.74) is 1.82. The number of amides is 2. The minimum absolute atomic E-state index is 0.0169. The van der Waals surface area contributed by atoms with Gasteiger partial charge in [0.05, 0.1) is 24.8 Å². The first-order valence-corrected chi connectivity index (χ1v) is 11.0. The fourth-order valence-electron chi connectivity index (χ4n) is 4.14. The van der Waals surface area contributed by atoms with Crippen molar-refractivity contribution < 1.29 is 19.2 Å². The molecular formula is C20H32N3O3S+. The van der Waals surface area contributed by atoms with Crippen LogP contribution in [0.2, 0.25) is 0 Å². The van der Waals surface area contributed by atoms with Crippen molar-refractivity contribution in [3.8, 4) is 0 Å². The molecule has 1 aliphatic heterocycles. The number of piperidine rings is 1. The molecule has 1 aromatic heterocycles. The van der Waals surface area contributed by atoms with Crippen molar-refractivity contribution in [2.45, 2.75) is 57.9 Å². The number of carbonyl (C=O) groups is 2. The third kappa shape index (κ3) is 5.09. The standard InChI is InChI=1S/C20H31N3O3S/c1-14-7-5-6-11-23(14)13-17(24)22-20-18(19(25)21-10-12-26-2)15-8-3-4-9-16(15)27-20/h14H,3-13H2,1-2H3,(H,21,25)(H,22,24)/p+1/t14-/m1/s1. The Bertz CT molecular complexity index is 674. The van der Waals surface area contributed by atoms with Crippen molar-refractivity contribution in [1.29, 1.82) is 0 Å². The van der Waals surface area contributed by atoms with E-state index >= 15 is 0 Å². The summed E-state index contributed by atoms with van der Waals surface area (Å²) >= 11 is 1.59. The highest BCUT2D eigenvalue weighted by molar-refractivity contribution is 7.17. The van der Waals surface area contributed by atoms with Crippen LogP contribution < -0.4 is 15.5 Å². The third-order valence-corrected chi connectivity index (χ3v) is 6.92. The van der Waals surface area contributed by atoms with E-state index in [0.717, 1.165) is 42.8 Å². The van der Waals surface area contributed by atoms with Gasteiger partial charge in [0.1, 0.15) is 5.00 Å². The van der Waals surface area contributed by atoms with Crippen molar-refractivity contribution in [3.63, 3.8) is 0 Å². The van der Waals surface area contributed by atoms with Crippen LogP contribution >= 0.6 is 11.3 Å². The zero-order chi connectivity index (χ0) is 19.2. The molecular weight excluding hydrogens is 362 g/mol. The number of nitrogens with one attached hydrogen (secondary N) is 3. The van der Waals surface area contributed by atoms with Crippen LogP contribution in [0.4, 0.5) is 5.00 Å². The van der Waals surface area contributed by atoms with Gasteiger partial charge in [0.25, 0.3) is 11.8 Å². The lowest BCUT2D eigenvalue weighted by atomic mass is 9.95. The Hall–Kier alpha value is -1.44. The molecule has 6 nitrogen and oxygen atoms in total. The number of ether oxygens (including phenoxy) is 1. The summed E-state index contributed by atoms with van der Waals surface area (Å²) in [6, 6.07) is 0.526. The van der Waals surface area contributed by atoms with Gasteiger partial charge in [-0.25, -0.2) is 0 Å². The molecule has 1 fully saturated rings. The molecule has 150 valence electrons. The first kappa shape index (κ1) is 20.3. The van der Waals surface area contributed by atoms with E-state index in [1.54, 1.807) is 18.4 Å². The van der Waals surface area contributed by atoms with Gasteiger partial charge in [-0.3, -0.25) is 9.59 Å². The largest absolute Gasteiger partial charge is 0.383 e. The molecule has 1 aliphatic carbocycles. The van der Waals surface area contributed by atoms with Gasteiger partial charge >= 0.3 is 0 Å². The molecule has 7 heteroatoms. The fraction of sp³-hybridized carbons (Fsp3) is 0.700. The molecule has 1 saturated heterocycles. The Morgan fingerprint density at radius 1 is 1.22 bits per heavy atom. The molecule has 2 amide bonds. The van der Waals surface area contributed by atoms with Gasteiger partial charge in [0, 0.05) is 18.5 Å². The van der Waals surface area contributed by atoms with Gasteiger partial charge in [-0.1, -0.05) is 0 Å². The summed E-state index contributed by atoms with van der Waals surface area (Å²) < 4.78 is 5.03. The van der Waals surface area contributed by atoms with Crippen LogP contribution in [0, 0.1) is 0 Å². The minimum atomic E-state index is -0.0968. The van der Waals surface area contributed by atoms with E-state index in [1.807, 2.05) is 0 Å². The average molecular weight is 395 g/mol. The van der Waals surface area contributed by atoms with Crippen LogP contribution in [0.1, 0.15) is 59.8 Å². The van der Waals surface area contributed by atoms with Crippen LogP contribution in [-0.4, -0.2) is 51.2 Å². The highest BCUT2D eigenvalue weighted by Gasteiger charge is 2.28. The smallest absolute Gasteiger partial charge is 0.280 e. The fourth-order valence-corrected chi connectivity index (χ4v) is 5.44. The predicted molar refractivity (Wildman–Crippen MR) is 108 cm³/mol. The number of likely N-dealkylation sites (tertiary alicyclic amines) is 1. The minimum Gasteiger partial charge on any atom is -0.383 e. The molecule has 2 atom stereocenters. The maximum atomic E-state index is 12.8. The van der Waals surface area contributed by atoms with Gasteiger partial charge < -0.3 is 20.3 Å². The monoisotopic (exact) mass is 394 g/mol. The first-order chi connectivity index (χ1) is 13.1. The summed E-state index contributed by atoms with van der Waals surface area (Å²) in [5.74, 6) is -0.0799. The topological polar surface area (TPSA) is 71.9 Å². The highest BCUT2D eigenvalue weighted by Crippen LogP contribution is 2.38. The van der Waals surface area contributed by atoms with Crippen molar-refractivity contribution in [2.75, 3.05) is 38.7 Å². The molecule has 0 spiro atoms. The van der Waals surface area contributed by atoms with Crippen molar-refractivity contribution >= 4 is 28.2 Å². The van der Waals surface area contributed by atoms with Gasteiger partial charge in [-0.2, -0.15) is 0 Å². The number of anilines is 1. The van der Waals surface area contributed by atoms with Crippen molar-refractivity contribution in [1.82, 2.24) is 5.32 Å². The average Bonchev–Trinajstić information content (AvgIpc) is 3.01. The van der Waals surface area contributed by atoms with Gasteiger partial charge in [0.2, 0.25) is 0 Å². The van der Waals surface area contributed by atoms with Crippen molar-refractivity contribution in [2.24, 2.45) is 0 Å². The number of thiophene rings is 1. The van der Waals surface area contributed by atoms with Crippen LogP contribution in [0.5, 0.6) is 0 Å². The molecule has 0 saturated carbocycles.